The number of unbranched alkanes of at least 4 members (excludes halogenated alkanes) is 2. The summed E-state index contributed by atoms with van der Waals surface area (Å²) in [7, 11) is 0. The van der Waals surface area contributed by atoms with E-state index in [0.717, 1.165) is 31.8 Å². The molecule has 1 fully saturated rings. The lowest BCUT2D eigenvalue weighted by Gasteiger charge is -2.24. The van der Waals surface area contributed by atoms with E-state index in [2.05, 4.69) is 10.6 Å². The highest BCUT2D eigenvalue weighted by molar-refractivity contribution is 6.31. The van der Waals surface area contributed by atoms with Gasteiger partial charge in [-0.15, -0.1) is 0 Å². The minimum Gasteiger partial charge on any atom is -1.00 e. The number of anilines is 3. The van der Waals surface area contributed by atoms with E-state index < -0.39 is 0 Å². The zero-order chi connectivity index (χ0) is 20.2. The van der Waals surface area contributed by atoms with Crippen LogP contribution in [0.1, 0.15) is 55.3 Å². The Bertz CT molecular complexity index is 919. The maximum Gasteiger partial charge on any atom is 0.257 e. The molecule has 1 heterocycles. The van der Waals surface area contributed by atoms with Crippen molar-refractivity contribution in [1.82, 2.24) is 0 Å². The second-order valence-corrected chi connectivity index (χ2v) is 8.32. The molecular weight excluding hydrogens is 437 g/mol. The first-order valence-corrected chi connectivity index (χ1v) is 10.9. The molecule has 2 aliphatic rings. The van der Waals surface area contributed by atoms with Gasteiger partial charge in [0.05, 0.1) is 35.2 Å². The number of nitrogens with zero attached hydrogens (tertiary/aromatic N) is 1. The van der Waals surface area contributed by atoms with Crippen molar-refractivity contribution in [2.45, 2.75) is 51.0 Å². The molecule has 0 aromatic heterocycles. The predicted octanol–water partition coefficient (Wildman–Crippen LogP) is 0.426. The molecule has 0 radical (unpaired) electrons. The number of fused-ring (bicyclic) bond motifs is 2. The number of hydrogen-bond acceptors (Lipinski definition) is 2. The van der Waals surface area contributed by atoms with Crippen LogP contribution in [0.25, 0.3) is 0 Å². The Kier molecular flexibility index (Phi) is 9.32. The van der Waals surface area contributed by atoms with Crippen molar-refractivity contribution < 1.29 is 32.8 Å². The quantitative estimate of drug-likeness (QED) is 0.579. The van der Waals surface area contributed by atoms with Crippen LogP contribution >= 0.6 is 11.6 Å². The molecule has 6 nitrogen and oxygen atoms in total. The molecule has 31 heavy (non-hydrogen) atoms. The Morgan fingerprint density at radius 3 is 2.61 bits per heavy atom. The van der Waals surface area contributed by atoms with Crippen molar-refractivity contribution in [3.05, 3.63) is 53.1 Å². The molecule has 0 atom stereocenters. The lowest BCUT2D eigenvalue weighted by Crippen LogP contribution is -3.00. The third-order valence-corrected chi connectivity index (χ3v) is 6.07. The van der Waals surface area contributed by atoms with E-state index in [0.29, 0.717) is 34.1 Å². The van der Waals surface area contributed by atoms with Gasteiger partial charge < -0.3 is 28.5 Å². The Morgan fingerprint density at radius 2 is 1.87 bits per heavy atom. The van der Waals surface area contributed by atoms with Crippen LogP contribution in [0, 0.1) is 0 Å². The van der Waals surface area contributed by atoms with Gasteiger partial charge in [0.15, 0.2) is 0 Å². The number of hydrogen-bond donors (Lipinski definition) is 2. The highest BCUT2D eigenvalue weighted by Crippen LogP contribution is 2.39. The van der Waals surface area contributed by atoms with Crippen LogP contribution in [-0.4, -0.2) is 29.9 Å². The first kappa shape index (κ1) is 25.1. The Morgan fingerprint density at radius 1 is 1.10 bits per heavy atom. The average molecular weight is 466 g/mol. The number of para-hydroxylation sites is 1. The van der Waals surface area contributed by atoms with Crippen molar-refractivity contribution in [3.63, 3.8) is 0 Å². The van der Waals surface area contributed by atoms with E-state index in [1.165, 1.54) is 19.3 Å². The number of rotatable bonds is 7. The van der Waals surface area contributed by atoms with E-state index in [1.807, 2.05) is 18.2 Å². The monoisotopic (exact) mass is 465 g/mol. The van der Waals surface area contributed by atoms with Crippen LogP contribution in [-0.2, 0) is 4.79 Å². The van der Waals surface area contributed by atoms with E-state index in [-0.39, 0.29) is 29.7 Å². The van der Waals surface area contributed by atoms with Gasteiger partial charge in [-0.1, -0.05) is 23.7 Å². The lowest BCUT2D eigenvalue weighted by molar-refractivity contribution is -0.699. The second-order valence-electron chi connectivity index (χ2n) is 7.89. The van der Waals surface area contributed by atoms with Gasteiger partial charge in [-0.3, -0.25) is 14.5 Å². The molecular formula is C23H29Cl2N3O3. The zero-order valence-corrected chi connectivity index (χ0v) is 18.9. The zero-order valence-electron chi connectivity index (χ0n) is 17.4. The standard InChI is InChI=1S/C23H26ClN3O2.ClH.H2O/c24-16-12-13-21-19(15-16)26-23(29)18-9-3-4-10-20(18)27(21)22(28)11-2-1-5-14-25-17-7-6-8-17;;/h3-4,9-10,12-13,15,17,25H,1-2,5-8,11,14H2,(H,26,29);1H;1H2. The van der Waals surface area contributed by atoms with Crippen LogP contribution in [0.15, 0.2) is 42.5 Å². The molecule has 1 aliphatic carbocycles. The van der Waals surface area contributed by atoms with Gasteiger partial charge in [0.2, 0.25) is 5.91 Å². The SMILES string of the molecule is O.O=C1Nc2cc(Cl)ccc2N(C(=O)CCCCC[NH2+]C2CCC2)c2ccccc21.[Cl-]. The molecule has 0 unspecified atom stereocenters. The number of nitrogens with two attached hydrogens (primary N) is 1. The number of carbonyl (C=O) groups excluding carboxylic acids is 2. The molecule has 168 valence electrons. The van der Waals surface area contributed by atoms with Crippen molar-refractivity contribution in [3.8, 4) is 0 Å². The minimum atomic E-state index is -0.231. The van der Waals surface area contributed by atoms with Crippen LogP contribution in [0.3, 0.4) is 0 Å². The number of halogens is 2. The van der Waals surface area contributed by atoms with Crippen molar-refractivity contribution in [1.29, 1.82) is 0 Å². The molecule has 4 rings (SSSR count). The molecule has 2 amide bonds. The van der Waals surface area contributed by atoms with Gasteiger partial charge in [-0.2, -0.15) is 0 Å². The molecule has 0 bridgehead atoms. The maximum absolute atomic E-state index is 13.2. The molecule has 0 saturated heterocycles. The van der Waals surface area contributed by atoms with Gasteiger partial charge in [0, 0.05) is 11.4 Å². The van der Waals surface area contributed by atoms with Crippen molar-refractivity contribution >= 4 is 40.5 Å². The maximum atomic E-state index is 13.2. The van der Waals surface area contributed by atoms with Gasteiger partial charge in [0.1, 0.15) is 0 Å². The van der Waals surface area contributed by atoms with Gasteiger partial charge in [0.25, 0.3) is 5.91 Å². The summed E-state index contributed by atoms with van der Waals surface area (Å²) >= 11 is 6.13. The molecule has 2 aromatic carbocycles. The lowest BCUT2D eigenvalue weighted by atomic mass is 9.93. The van der Waals surface area contributed by atoms with Crippen LogP contribution < -0.4 is 27.9 Å². The fraction of sp³-hybridized carbons (Fsp3) is 0.391. The Labute approximate surface area is 194 Å². The Hall–Kier alpha value is -2.12. The summed E-state index contributed by atoms with van der Waals surface area (Å²) in [6.45, 7) is 1.14. The largest absolute Gasteiger partial charge is 1.00 e. The minimum absolute atomic E-state index is 0. The fourth-order valence-corrected chi connectivity index (χ4v) is 4.16. The normalized spacial score (nSPS) is 14.7. The van der Waals surface area contributed by atoms with Crippen molar-refractivity contribution in [2.24, 2.45) is 0 Å². The summed E-state index contributed by atoms with van der Waals surface area (Å²) in [6.07, 6.45) is 7.54. The van der Waals surface area contributed by atoms with E-state index in [9.17, 15) is 9.59 Å². The second kappa shape index (κ2) is 11.5. The Balaban J connectivity index is 0.00000171. The molecule has 1 saturated carbocycles. The molecule has 2 aromatic rings. The molecule has 1 aliphatic heterocycles. The summed E-state index contributed by atoms with van der Waals surface area (Å²) in [4.78, 5) is 27.5. The summed E-state index contributed by atoms with van der Waals surface area (Å²) in [5.74, 6) is -0.230. The van der Waals surface area contributed by atoms with E-state index >= 15 is 0 Å². The summed E-state index contributed by atoms with van der Waals surface area (Å²) in [5.41, 5.74) is 2.33. The number of carbonyl (C=O) groups is 2. The average Bonchev–Trinajstić information content (AvgIpc) is 2.79. The fourth-order valence-electron chi connectivity index (χ4n) is 3.99. The molecule has 8 heteroatoms. The number of amides is 2. The summed E-state index contributed by atoms with van der Waals surface area (Å²) < 4.78 is 0. The van der Waals surface area contributed by atoms with Crippen LogP contribution in [0.2, 0.25) is 5.02 Å². The number of quaternary nitrogens is 1. The van der Waals surface area contributed by atoms with E-state index in [4.69, 9.17) is 11.6 Å². The topological polar surface area (TPSA) is 97.5 Å². The number of nitrogens with one attached hydrogen (secondary N) is 1. The van der Waals surface area contributed by atoms with E-state index in [1.54, 1.807) is 29.2 Å². The first-order valence-electron chi connectivity index (χ1n) is 10.5. The van der Waals surface area contributed by atoms with Gasteiger partial charge in [-0.25, -0.2) is 0 Å². The van der Waals surface area contributed by atoms with Gasteiger partial charge in [-0.05, 0) is 68.9 Å². The van der Waals surface area contributed by atoms with Gasteiger partial charge >= 0.3 is 0 Å². The summed E-state index contributed by atoms with van der Waals surface area (Å²) in [6, 6.07) is 13.3. The predicted molar refractivity (Wildman–Crippen MR) is 120 cm³/mol. The molecule has 5 N–H and O–H groups in total. The first-order chi connectivity index (χ1) is 14.1. The van der Waals surface area contributed by atoms with Crippen molar-refractivity contribution in [2.75, 3.05) is 16.8 Å². The van der Waals surface area contributed by atoms with Crippen LogP contribution in [0.5, 0.6) is 0 Å². The highest BCUT2D eigenvalue weighted by atomic mass is 35.5. The highest BCUT2D eigenvalue weighted by Gasteiger charge is 2.29. The van der Waals surface area contributed by atoms with Crippen LogP contribution in [0.4, 0.5) is 17.1 Å². The molecule has 0 spiro atoms. The summed E-state index contributed by atoms with van der Waals surface area (Å²) in [5, 5.41) is 5.86. The smallest absolute Gasteiger partial charge is 0.257 e. The third-order valence-electron chi connectivity index (χ3n) is 5.83. The third kappa shape index (κ3) is 5.77. The number of benzene rings is 2.